The van der Waals surface area contributed by atoms with Gasteiger partial charge in [0, 0.05) is 6.07 Å². The summed E-state index contributed by atoms with van der Waals surface area (Å²) in [7, 11) is 1.53. The van der Waals surface area contributed by atoms with E-state index in [-0.39, 0.29) is 17.1 Å². The van der Waals surface area contributed by atoms with Crippen molar-refractivity contribution >= 4 is 11.0 Å². The maximum atomic E-state index is 12.0. The summed E-state index contributed by atoms with van der Waals surface area (Å²) in [4.78, 5) is 12.0. The van der Waals surface area contributed by atoms with Crippen molar-refractivity contribution in [1.82, 2.24) is 0 Å². The van der Waals surface area contributed by atoms with Crippen molar-refractivity contribution in [3.63, 3.8) is 0 Å². The molecule has 1 N–H and O–H groups in total. The van der Waals surface area contributed by atoms with Gasteiger partial charge in [0.1, 0.15) is 11.3 Å². The third-order valence-corrected chi connectivity index (χ3v) is 4.29. The van der Waals surface area contributed by atoms with Crippen LogP contribution in [-0.4, -0.2) is 18.8 Å². The van der Waals surface area contributed by atoms with Gasteiger partial charge in [-0.05, 0) is 18.6 Å². The van der Waals surface area contributed by atoms with E-state index < -0.39 is 5.63 Å². The lowest BCUT2D eigenvalue weighted by Gasteiger charge is -2.09. The third-order valence-electron chi connectivity index (χ3n) is 4.29. The zero-order valence-electron chi connectivity index (χ0n) is 15.2. The molecule has 0 aliphatic carbocycles. The summed E-state index contributed by atoms with van der Waals surface area (Å²) < 4.78 is 15.8. The highest BCUT2D eigenvalue weighted by molar-refractivity contribution is 5.86. The molecular weight excluding hydrogens is 320 g/mol. The number of unbranched alkanes of at least 4 members (excludes halogenated alkanes) is 7. The first-order valence-electron chi connectivity index (χ1n) is 9.14. The van der Waals surface area contributed by atoms with Gasteiger partial charge in [0.2, 0.25) is 5.75 Å². The van der Waals surface area contributed by atoms with E-state index in [9.17, 15) is 9.90 Å². The molecule has 0 aliphatic rings. The van der Waals surface area contributed by atoms with Crippen LogP contribution in [0.25, 0.3) is 11.0 Å². The predicted octanol–water partition coefficient (Wildman–Crippen LogP) is 5.03. The Hall–Kier alpha value is -2.17. The van der Waals surface area contributed by atoms with E-state index in [0.29, 0.717) is 17.7 Å². The number of ether oxygens (including phenoxy) is 2. The maximum Gasteiger partial charge on any atom is 0.383 e. The molecule has 0 unspecified atom stereocenters. The Balaban J connectivity index is 1.86. The Morgan fingerprint density at radius 1 is 1.04 bits per heavy atom. The third kappa shape index (κ3) is 5.41. The van der Waals surface area contributed by atoms with Crippen molar-refractivity contribution in [3.8, 4) is 17.2 Å². The number of methoxy groups -OCH3 is 1. The molecule has 0 bridgehead atoms. The minimum atomic E-state index is -0.669. The normalized spacial score (nSPS) is 11.0. The van der Waals surface area contributed by atoms with E-state index in [1.54, 1.807) is 18.2 Å². The first-order chi connectivity index (χ1) is 12.2. The molecule has 0 saturated carbocycles. The fraction of sp³-hybridized carbons (Fsp3) is 0.550. The van der Waals surface area contributed by atoms with Crippen molar-refractivity contribution < 1.29 is 19.0 Å². The van der Waals surface area contributed by atoms with Crippen LogP contribution in [0.1, 0.15) is 58.3 Å². The number of hydrogen-bond acceptors (Lipinski definition) is 5. The Kier molecular flexibility index (Phi) is 7.64. The number of rotatable bonds is 11. The molecule has 0 fully saturated rings. The van der Waals surface area contributed by atoms with E-state index in [2.05, 4.69) is 6.92 Å². The first kappa shape index (κ1) is 19.2. The molecule has 1 heterocycles. The van der Waals surface area contributed by atoms with Gasteiger partial charge < -0.3 is 19.0 Å². The van der Waals surface area contributed by atoms with Crippen molar-refractivity contribution in [2.24, 2.45) is 0 Å². The van der Waals surface area contributed by atoms with Gasteiger partial charge >= 0.3 is 5.63 Å². The van der Waals surface area contributed by atoms with Gasteiger partial charge in [0.15, 0.2) is 5.75 Å². The molecule has 1 aromatic carbocycles. The summed E-state index contributed by atoms with van der Waals surface area (Å²) in [5.41, 5.74) is -0.390. The predicted molar refractivity (Wildman–Crippen MR) is 98.8 cm³/mol. The van der Waals surface area contributed by atoms with Crippen LogP contribution in [0.15, 0.2) is 27.4 Å². The molecule has 138 valence electrons. The van der Waals surface area contributed by atoms with Gasteiger partial charge in [-0.1, -0.05) is 51.9 Å². The molecule has 1 aromatic heterocycles. The van der Waals surface area contributed by atoms with Crippen molar-refractivity contribution in [1.29, 1.82) is 0 Å². The van der Waals surface area contributed by atoms with Crippen molar-refractivity contribution in [3.05, 3.63) is 28.6 Å². The van der Waals surface area contributed by atoms with Crippen LogP contribution >= 0.6 is 0 Å². The van der Waals surface area contributed by atoms with Crippen LogP contribution in [0, 0.1) is 0 Å². The topological polar surface area (TPSA) is 68.9 Å². The number of benzene rings is 1. The minimum Gasteiger partial charge on any atom is -0.504 e. The summed E-state index contributed by atoms with van der Waals surface area (Å²) in [6.45, 7) is 2.61. The molecule has 0 atom stereocenters. The zero-order valence-corrected chi connectivity index (χ0v) is 15.2. The smallest absolute Gasteiger partial charge is 0.383 e. The van der Waals surface area contributed by atoms with E-state index >= 15 is 0 Å². The SMILES string of the molecule is CCCCCCCCCCOc1c(O)c2ccc(OC)cc2oc1=O. The van der Waals surface area contributed by atoms with E-state index in [4.69, 9.17) is 13.9 Å². The minimum absolute atomic E-state index is 0.111. The Morgan fingerprint density at radius 3 is 2.40 bits per heavy atom. The molecule has 25 heavy (non-hydrogen) atoms. The second kappa shape index (κ2) is 9.97. The van der Waals surface area contributed by atoms with E-state index in [1.165, 1.54) is 45.6 Å². The van der Waals surface area contributed by atoms with Crippen molar-refractivity contribution in [2.45, 2.75) is 58.3 Å². The van der Waals surface area contributed by atoms with Crippen LogP contribution in [0.3, 0.4) is 0 Å². The Bertz CT molecular complexity index is 720. The molecule has 0 radical (unpaired) electrons. The molecule has 5 heteroatoms. The monoisotopic (exact) mass is 348 g/mol. The summed E-state index contributed by atoms with van der Waals surface area (Å²) in [5.74, 6) is 0.275. The lowest BCUT2D eigenvalue weighted by Crippen LogP contribution is -2.08. The summed E-state index contributed by atoms with van der Waals surface area (Å²) in [5, 5.41) is 10.7. The maximum absolute atomic E-state index is 12.0. The van der Waals surface area contributed by atoms with Crippen LogP contribution in [0.4, 0.5) is 0 Å². The molecule has 0 amide bonds. The van der Waals surface area contributed by atoms with Gasteiger partial charge in [-0.15, -0.1) is 0 Å². The quantitative estimate of drug-likeness (QED) is 0.456. The lowest BCUT2D eigenvalue weighted by atomic mass is 10.1. The van der Waals surface area contributed by atoms with Crippen molar-refractivity contribution in [2.75, 3.05) is 13.7 Å². The Labute approximate surface area is 148 Å². The second-order valence-corrected chi connectivity index (χ2v) is 6.25. The van der Waals surface area contributed by atoms with Gasteiger partial charge in [-0.25, -0.2) is 4.79 Å². The second-order valence-electron chi connectivity index (χ2n) is 6.25. The van der Waals surface area contributed by atoms with Crippen LogP contribution in [0.5, 0.6) is 17.2 Å². The van der Waals surface area contributed by atoms with Crippen LogP contribution in [0.2, 0.25) is 0 Å². The fourth-order valence-electron chi connectivity index (χ4n) is 2.81. The highest BCUT2D eigenvalue weighted by atomic mass is 16.5. The molecule has 2 aromatic rings. The van der Waals surface area contributed by atoms with Gasteiger partial charge in [-0.3, -0.25) is 0 Å². The fourth-order valence-corrected chi connectivity index (χ4v) is 2.81. The molecule has 0 aliphatic heterocycles. The number of hydrogen-bond donors (Lipinski definition) is 1. The first-order valence-corrected chi connectivity index (χ1v) is 9.14. The van der Waals surface area contributed by atoms with Gasteiger partial charge in [-0.2, -0.15) is 0 Å². The number of fused-ring (bicyclic) bond motifs is 1. The van der Waals surface area contributed by atoms with E-state index in [1.807, 2.05) is 0 Å². The van der Waals surface area contributed by atoms with E-state index in [0.717, 1.165) is 12.8 Å². The highest BCUT2D eigenvalue weighted by Crippen LogP contribution is 2.33. The zero-order chi connectivity index (χ0) is 18.1. The summed E-state index contributed by atoms with van der Waals surface area (Å²) in [6, 6.07) is 4.92. The standard InChI is InChI=1S/C20H28O5/c1-3-4-5-6-7-8-9-10-13-24-19-18(21)16-12-11-15(23-2)14-17(16)25-20(19)22/h11-12,14,21H,3-10,13H2,1-2H3. The van der Waals surface area contributed by atoms with Crippen LogP contribution < -0.4 is 15.1 Å². The average Bonchev–Trinajstić information content (AvgIpc) is 2.62. The summed E-state index contributed by atoms with van der Waals surface area (Å²) in [6.07, 6.45) is 9.49. The number of aromatic hydroxyl groups is 1. The lowest BCUT2D eigenvalue weighted by molar-refractivity contribution is 0.275. The molecule has 0 spiro atoms. The summed E-state index contributed by atoms with van der Waals surface area (Å²) >= 11 is 0. The largest absolute Gasteiger partial charge is 0.504 e. The van der Waals surface area contributed by atoms with Gasteiger partial charge in [0.25, 0.3) is 0 Å². The van der Waals surface area contributed by atoms with Gasteiger partial charge in [0.05, 0.1) is 19.1 Å². The van der Waals surface area contributed by atoms with Crippen LogP contribution in [-0.2, 0) is 0 Å². The molecule has 0 saturated heterocycles. The molecule has 5 nitrogen and oxygen atoms in total. The molecular formula is C20H28O5. The molecule has 2 rings (SSSR count). The highest BCUT2D eigenvalue weighted by Gasteiger charge is 2.15. The average molecular weight is 348 g/mol. The Morgan fingerprint density at radius 2 is 1.72 bits per heavy atom.